The van der Waals surface area contributed by atoms with E-state index in [-0.39, 0.29) is 6.42 Å². The molecule has 0 bridgehead atoms. The van der Waals surface area contributed by atoms with Crippen molar-refractivity contribution in [3.8, 4) is 0 Å². The molecule has 1 rings (SSSR count). The highest BCUT2D eigenvalue weighted by molar-refractivity contribution is 4.78. The minimum atomic E-state index is -0.937. The Bertz CT molecular complexity index is 104. The molecule has 0 amide bonds. The zero-order valence-electron chi connectivity index (χ0n) is 5.77. The molecule has 10 heavy (non-hydrogen) atoms. The van der Waals surface area contributed by atoms with Gasteiger partial charge in [0.05, 0.1) is 12.2 Å². The van der Waals surface area contributed by atoms with Gasteiger partial charge in [-0.1, -0.05) is 0 Å². The average Bonchev–Trinajstić information content (AvgIpc) is 1.82. The highest BCUT2D eigenvalue weighted by atomic mass is 16.6. The maximum atomic E-state index is 9.08. The minimum absolute atomic E-state index is 0.0888. The maximum absolute atomic E-state index is 9.08. The molecule has 0 aromatic carbocycles. The van der Waals surface area contributed by atoms with Gasteiger partial charge in [0.15, 0.2) is 6.29 Å². The van der Waals surface area contributed by atoms with Crippen molar-refractivity contribution >= 4 is 0 Å². The van der Waals surface area contributed by atoms with Crippen LogP contribution in [0.2, 0.25) is 0 Å². The summed E-state index contributed by atoms with van der Waals surface area (Å²) in [5.74, 6) is 0. The van der Waals surface area contributed by atoms with Gasteiger partial charge in [-0.05, 0) is 6.92 Å². The highest BCUT2D eigenvalue weighted by Crippen LogP contribution is 2.17. The van der Waals surface area contributed by atoms with Crippen LogP contribution in [0.1, 0.15) is 13.3 Å². The van der Waals surface area contributed by atoms with Crippen molar-refractivity contribution in [3.63, 3.8) is 0 Å². The molecule has 0 aromatic rings. The monoisotopic (exact) mass is 148 g/mol. The SMILES string of the molecule is CC1O[C@@H](O)C[C@@H](O)[C@H]1O. The van der Waals surface area contributed by atoms with E-state index in [4.69, 9.17) is 20.1 Å². The van der Waals surface area contributed by atoms with Gasteiger partial charge in [-0.15, -0.1) is 0 Å². The molecule has 4 atom stereocenters. The zero-order chi connectivity index (χ0) is 7.72. The van der Waals surface area contributed by atoms with Crippen molar-refractivity contribution in [1.82, 2.24) is 0 Å². The molecule has 0 aromatic heterocycles. The van der Waals surface area contributed by atoms with E-state index in [2.05, 4.69) is 0 Å². The summed E-state index contributed by atoms with van der Waals surface area (Å²) < 4.78 is 4.81. The fourth-order valence-electron chi connectivity index (χ4n) is 1.04. The molecular weight excluding hydrogens is 136 g/mol. The highest BCUT2D eigenvalue weighted by Gasteiger charge is 2.32. The Morgan fingerprint density at radius 2 is 1.90 bits per heavy atom. The van der Waals surface area contributed by atoms with E-state index < -0.39 is 24.6 Å². The first kappa shape index (κ1) is 7.94. The van der Waals surface area contributed by atoms with Crippen LogP contribution in [0.15, 0.2) is 0 Å². The van der Waals surface area contributed by atoms with E-state index in [1.54, 1.807) is 6.92 Å². The number of hydrogen-bond acceptors (Lipinski definition) is 4. The van der Waals surface area contributed by atoms with Crippen LogP contribution in [-0.2, 0) is 4.74 Å². The Morgan fingerprint density at radius 3 is 2.40 bits per heavy atom. The number of hydrogen-bond donors (Lipinski definition) is 3. The number of rotatable bonds is 0. The van der Waals surface area contributed by atoms with Crippen molar-refractivity contribution in [3.05, 3.63) is 0 Å². The summed E-state index contributed by atoms with van der Waals surface area (Å²) >= 11 is 0. The Morgan fingerprint density at radius 1 is 1.30 bits per heavy atom. The van der Waals surface area contributed by atoms with Gasteiger partial charge in [-0.2, -0.15) is 0 Å². The van der Waals surface area contributed by atoms with Crippen molar-refractivity contribution in [2.75, 3.05) is 0 Å². The minimum Gasteiger partial charge on any atom is -0.390 e. The third kappa shape index (κ3) is 1.46. The summed E-state index contributed by atoms with van der Waals surface area (Å²) in [7, 11) is 0. The van der Waals surface area contributed by atoms with Crippen LogP contribution in [-0.4, -0.2) is 39.9 Å². The first-order valence-corrected chi connectivity index (χ1v) is 3.31. The summed E-state index contributed by atoms with van der Waals surface area (Å²) in [6, 6.07) is 0. The largest absolute Gasteiger partial charge is 0.390 e. The van der Waals surface area contributed by atoms with E-state index in [0.29, 0.717) is 0 Å². The first-order valence-electron chi connectivity index (χ1n) is 3.31. The standard InChI is InChI=1S/C6H12O4/c1-3-6(9)4(7)2-5(8)10-3/h3-9H,2H2,1H3/t3?,4-,5-,6+/m1/s1. The quantitative estimate of drug-likeness (QED) is 0.405. The molecule has 3 N–H and O–H groups in total. The first-order chi connectivity index (χ1) is 4.61. The van der Waals surface area contributed by atoms with Gasteiger partial charge in [-0.25, -0.2) is 0 Å². The van der Waals surface area contributed by atoms with Crippen molar-refractivity contribution in [1.29, 1.82) is 0 Å². The van der Waals surface area contributed by atoms with Gasteiger partial charge < -0.3 is 20.1 Å². The van der Waals surface area contributed by atoms with Crippen molar-refractivity contribution < 1.29 is 20.1 Å². The molecule has 0 saturated carbocycles. The van der Waals surface area contributed by atoms with Gasteiger partial charge in [-0.3, -0.25) is 0 Å². The van der Waals surface area contributed by atoms with Crippen LogP contribution >= 0.6 is 0 Å². The van der Waals surface area contributed by atoms with Gasteiger partial charge in [0.2, 0.25) is 0 Å². The summed E-state index contributed by atoms with van der Waals surface area (Å²) in [5.41, 5.74) is 0. The third-order valence-electron chi connectivity index (χ3n) is 1.69. The average molecular weight is 148 g/mol. The van der Waals surface area contributed by atoms with Gasteiger partial charge in [0.25, 0.3) is 0 Å². The molecule has 4 nitrogen and oxygen atoms in total. The number of aliphatic hydroxyl groups is 3. The second-order valence-corrected chi connectivity index (χ2v) is 2.59. The number of ether oxygens (including phenoxy) is 1. The molecule has 1 aliphatic rings. The van der Waals surface area contributed by atoms with Crippen LogP contribution in [0.25, 0.3) is 0 Å². The number of aliphatic hydroxyl groups excluding tert-OH is 3. The smallest absolute Gasteiger partial charge is 0.157 e. The topological polar surface area (TPSA) is 69.9 Å². The Balaban J connectivity index is 2.49. The summed E-state index contributed by atoms with van der Waals surface area (Å²) in [5, 5.41) is 27.0. The lowest BCUT2D eigenvalue weighted by Gasteiger charge is -2.32. The Labute approximate surface area is 59.1 Å². The Kier molecular flexibility index (Phi) is 2.25. The molecule has 0 spiro atoms. The predicted molar refractivity (Wildman–Crippen MR) is 33.2 cm³/mol. The zero-order valence-corrected chi connectivity index (χ0v) is 5.77. The normalized spacial score (nSPS) is 49.2. The second-order valence-electron chi connectivity index (χ2n) is 2.59. The van der Waals surface area contributed by atoms with E-state index in [1.807, 2.05) is 0 Å². The van der Waals surface area contributed by atoms with E-state index in [1.165, 1.54) is 0 Å². The van der Waals surface area contributed by atoms with Crippen molar-refractivity contribution in [2.45, 2.75) is 37.9 Å². The summed E-state index contributed by atoms with van der Waals surface area (Å²) in [4.78, 5) is 0. The molecule has 60 valence electrons. The molecule has 1 fully saturated rings. The van der Waals surface area contributed by atoms with E-state index in [9.17, 15) is 0 Å². The lowest BCUT2D eigenvalue weighted by Crippen LogP contribution is -2.46. The molecule has 0 radical (unpaired) electrons. The van der Waals surface area contributed by atoms with Gasteiger partial charge in [0, 0.05) is 6.42 Å². The van der Waals surface area contributed by atoms with Crippen LogP contribution < -0.4 is 0 Å². The fraction of sp³-hybridized carbons (Fsp3) is 1.00. The third-order valence-corrected chi connectivity index (χ3v) is 1.69. The lowest BCUT2D eigenvalue weighted by atomic mass is 10.0. The van der Waals surface area contributed by atoms with E-state index in [0.717, 1.165) is 0 Å². The van der Waals surface area contributed by atoms with E-state index >= 15 is 0 Å². The van der Waals surface area contributed by atoms with Crippen LogP contribution in [0.5, 0.6) is 0 Å². The lowest BCUT2D eigenvalue weighted by molar-refractivity contribution is -0.226. The molecular formula is C6H12O4. The van der Waals surface area contributed by atoms with Gasteiger partial charge in [0.1, 0.15) is 6.10 Å². The summed E-state index contributed by atoms with van der Waals surface area (Å²) in [6.07, 6.45) is -3.07. The molecule has 1 saturated heterocycles. The van der Waals surface area contributed by atoms with Crippen LogP contribution in [0, 0.1) is 0 Å². The second kappa shape index (κ2) is 2.84. The molecule has 1 heterocycles. The fourth-order valence-corrected chi connectivity index (χ4v) is 1.04. The van der Waals surface area contributed by atoms with Crippen LogP contribution in [0.3, 0.4) is 0 Å². The molecule has 1 aliphatic heterocycles. The maximum Gasteiger partial charge on any atom is 0.157 e. The Hall–Kier alpha value is -0.160. The molecule has 0 aliphatic carbocycles. The predicted octanol–water partition coefficient (Wildman–Crippen LogP) is -1.16. The van der Waals surface area contributed by atoms with Crippen LogP contribution in [0.4, 0.5) is 0 Å². The molecule has 4 heteroatoms. The van der Waals surface area contributed by atoms with Crippen molar-refractivity contribution in [2.24, 2.45) is 0 Å². The van der Waals surface area contributed by atoms with Gasteiger partial charge >= 0.3 is 0 Å². The summed E-state index contributed by atoms with van der Waals surface area (Å²) in [6.45, 7) is 1.61. The molecule has 1 unspecified atom stereocenters.